The molecule has 1 unspecified atom stereocenters. The Morgan fingerprint density at radius 2 is 2.00 bits per heavy atom. The molecule has 0 heterocycles. The van der Waals surface area contributed by atoms with Gasteiger partial charge in [-0.15, -0.1) is 0 Å². The van der Waals surface area contributed by atoms with Crippen LogP contribution in [0.25, 0.3) is 0 Å². The molecule has 0 aliphatic heterocycles. The molecular formula is C12H19NS. The van der Waals surface area contributed by atoms with Gasteiger partial charge >= 0.3 is 0 Å². The lowest BCUT2D eigenvalue weighted by molar-refractivity contribution is 0.524. The molecular weight excluding hydrogens is 190 g/mol. The first-order chi connectivity index (χ1) is 6.86. The molecule has 0 fully saturated rings. The smallest absolute Gasteiger partial charge is 0.00489 e. The standard InChI is InChI=1S/C12H19NS/c1-13-8-7-12(10-14)9-11-5-3-2-4-6-11/h2-6,12-14H,7-10H2,1H3. The lowest BCUT2D eigenvalue weighted by Crippen LogP contribution is -2.16. The maximum atomic E-state index is 4.39. The van der Waals surface area contributed by atoms with Crippen molar-refractivity contribution in [2.45, 2.75) is 12.8 Å². The highest BCUT2D eigenvalue weighted by molar-refractivity contribution is 7.80. The summed E-state index contributed by atoms with van der Waals surface area (Å²) in [5, 5.41) is 3.18. The third-order valence-electron chi connectivity index (χ3n) is 2.43. The fraction of sp³-hybridized carbons (Fsp3) is 0.500. The van der Waals surface area contributed by atoms with Crippen molar-refractivity contribution < 1.29 is 0 Å². The van der Waals surface area contributed by atoms with E-state index in [0.717, 1.165) is 18.7 Å². The molecule has 0 saturated carbocycles. The molecule has 14 heavy (non-hydrogen) atoms. The van der Waals surface area contributed by atoms with E-state index in [4.69, 9.17) is 0 Å². The van der Waals surface area contributed by atoms with E-state index in [1.165, 1.54) is 12.0 Å². The lowest BCUT2D eigenvalue weighted by atomic mass is 9.98. The average Bonchev–Trinajstić information content (AvgIpc) is 2.25. The fourth-order valence-corrected chi connectivity index (χ4v) is 1.87. The summed E-state index contributed by atoms with van der Waals surface area (Å²) in [7, 11) is 2.00. The topological polar surface area (TPSA) is 12.0 Å². The summed E-state index contributed by atoms with van der Waals surface area (Å²) in [5.74, 6) is 1.66. The van der Waals surface area contributed by atoms with Crippen LogP contribution in [0, 0.1) is 5.92 Å². The Bertz CT molecular complexity index is 235. The van der Waals surface area contributed by atoms with Crippen molar-refractivity contribution >= 4 is 12.6 Å². The molecule has 0 saturated heterocycles. The quantitative estimate of drug-likeness (QED) is 0.686. The predicted octanol–water partition coefficient (Wildman–Crippen LogP) is 2.38. The number of nitrogens with one attached hydrogen (secondary N) is 1. The van der Waals surface area contributed by atoms with E-state index in [2.05, 4.69) is 48.3 Å². The Balaban J connectivity index is 2.40. The molecule has 1 nitrogen and oxygen atoms in total. The van der Waals surface area contributed by atoms with E-state index in [1.54, 1.807) is 0 Å². The molecule has 1 rings (SSSR count). The molecule has 0 bridgehead atoms. The van der Waals surface area contributed by atoms with Gasteiger partial charge in [-0.25, -0.2) is 0 Å². The number of benzene rings is 1. The Hall–Kier alpha value is -0.470. The van der Waals surface area contributed by atoms with E-state index in [0.29, 0.717) is 5.92 Å². The van der Waals surface area contributed by atoms with Gasteiger partial charge in [0.15, 0.2) is 0 Å². The molecule has 1 atom stereocenters. The highest BCUT2D eigenvalue weighted by atomic mass is 32.1. The van der Waals surface area contributed by atoms with Gasteiger partial charge in [-0.3, -0.25) is 0 Å². The maximum Gasteiger partial charge on any atom is -0.00489 e. The number of rotatable bonds is 6. The van der Waals surface area contributed by atoms with Gasteiger partial charge in [-0.2, -0.15) is 12.6 Å². The highest BCUT2D eigenvalue weighted by Gasteiger charge is 2.06. The van der Waals surface area contributed by atoms with Crippen LogP contribution in [0.2, 0.25) is 0 Å². The zero-order valence-corrected chi connectivity index (χ0v) is 9.63. The molecule has 0 aliphatic rings. The van der Waals surface area contributed by atoms with Crippen molar-refractivity contribution in [3.63, 3.8) is 0 Å². The summed E-state index contributed by atoms with van der Waals surface area (Å²) in [4.78, 5) is 0. The summed E-state index contributed by atoms with van der Waals surface area (Å²) in [5.41, 5.74) is 1.42. The Morgan fingerprint density at radius 3 is 2.57 bits per heavy atom. The first-order valence-corrected chi connectivity index (χ1v) is 5.79. The van der Waals surface area contributed by atoms with Crippen LogP contribution in [0.3, 0.4) is 0 Å². The van der Waals surface area contributed by atoms with Crippen LogP contribution >= 0.6 is 12.6 Å². The minimum absolute atomic E-state index is 0.688. The molecule has 1 aromatic rings. The predicted molar refractivity (Wildman–Crippen MR) is 66.0 cm³/mol. The second-order valence-corrected chi connectivity index (χ2v) is 4.00. The average molecular weight is 209 g/mol. The Kier molecular flexibility index (Phi) is 5.72. The summed E-state index contributed by atoms with van der Waals surface area (Å²) >= 11 is 4.39. The summed E-state index contributed by atoms with van der Waals surface area (Å²) in [6.45, 7) is 1.08. The minimum atomic E-state index is 0.688. The van der Waals surface area contributed by atoms with Crippen molar-refractivity contribution in [1.82, 2.24) is 5.32 Å². The zero-order valence-electron chi connectivity index (χ0n) is 8.74. The number of hydrogen-bond donors (Lipinski definition) is 2. The third kappa shape index (κ3) is 4.16. The van der Waals surface area contributed by atoms with Crippen LogP contribution < -0.4 is 5.32 Å². The van der Waals surface area contributed by atoms with Crippen molar-refractivity contribution in [3.8, 4) is 0 Å². The van der Waals surface area contributed by atoms with Crippen molar-refractivity contribution in [3.05, 3.63) is 35.9 Å². The van der Waals surface area contributed by atoms with Crippen molar-refractivity contribution in [1.29, 1.82) is 0 Å². The molecule has 0 aromatic heterocycles. The van der Waals surface area contributed by atoms with Crippen molar-refractivity contribution in [2.75, 3.05) is 19.3 Å². The van der Waals surface area contributed by atoms with Gasteiger partial charge in [0.2, 0.25) is 0 Å². The van der Waals surface area contributed by atoms with Crippen molar-refractivity contribution in [2.24, 2.45) is 5.92 Å². The van der Waals surface area contributed by atoms with E-state index in [9.17, 15) is 0 Å². The second-order valence-electron chi connectivity index (χ2n) is 3.63. The fourth-order valence-electron chi connectivity index (χ4n) is 1.55. The summed E-state index contributed by atoms with van der Waals surface area (Å²) in [6, 6.07) is 10.6. The molecule has 1 N–H and O–H groups in total. The molecule has 2 heteroatoms. The largest absolute Gasteiger partial charge is 0.320 e. The SMILES string of the molecule is CNCCC(CS)Cc1ccccc1. The van der Waals surface area contributed by atoms with Gasteiger partial charge in [-0.1, -0.05) is 30.3 Å². The van der Waals surface area contributed by atoms with E-state index in [-0.39, 0.29) is 0 Å². The molecule has 1 aromatic carbocycles. The maximum absolute atomic E-state index is 4.39. The highest BCUT2D eigenvalue weighted by Crippen LogP contribution is 2.13. The number of hydrogen-bond acceptors (Lipinski definition) is 2. The molecule has 0 aliphatic carbocycles. The van der Waals surface area contributed by atoms with Gasteiger partial charge in [0, 0.05) is 0 Å². The van der Waals surface area contributed by atoms with Gasteiger partial charge in [0.05, 0.1) is 0 Å². The summed E-state index contributed by atoms with van der Waals surface area (Å²) < 4.78 is 0. The first-order valence-electron chi connectivity index (χ1n) is 5.16. The van der Waals surface area contributed by atoms with Gasteiger partial charge < -0.3 is 5.32 Å². The van der Waals surface area contributed by atoms with E-state index >= 15 is 0 Å². The summed E-state index contributed by atoms with van der Waals surface area (Å²) in [6.07, 6.45) is 2.35. The van der Waals surface area contributed by atoms with Crippen LogP contribution in [-0.2, 0) is 6.42 Å². The van der Waals surface area contributed by atoms with Crippen LogP contribution in [0.4, 0.5) is 0 Å². The van der Waals surface area contributed by atoms with Gasteiger partial charge in [0.25, 0.3) is 0 Å². The molecule has 0 spiro atoms. The Labute approximate surface area is 92.3 Å². The van der Waals surface area contributed by atoms with Crippen LogP contribution in [0.1, 0.15) is 12.0 Å². The lowest BCUT2D eigenvalue weighted by Gasteiger charge is -2.13. The molecule has 0 radical (unpaired) electrons. The minimum Gasteiger partial charge on any atom is -0.320 e. The normalized spacial score (nSPS) is 12.7. The zero-order chi connectivity index (χ0) is 10.2. The molecule has 78 valence electrons. The van der Waals surface area contributed by atoms with Gasteiger partial charge in [0.1, 0.15) is 0 Å². The second kappa shape index (κ2) is 6.91. The Morgan fingerprint density at radius 1 is 1.29 bits per heavy atom. The van der Waals surface area contributed by atoms with Crippen LogP contribution in [0.5, 0.6) is 0 Å². The van der Waals surface area contributed by atoms with Gasteiger partial charge in [-0.05, 0) is 43.7 Å². The van der Waals surface area contributed by atoms with Crippen LogP contribution in [0.15, 0.2) is 30.3 Å². The number of thiol groups is 1. The van der Waals surface area contributed by atoms with Crippen LogP contribution in [-0.4, -0.2) is 19.3 Å². The monoisotopic (exact) mass is 209 g/mol. The molecule has 0 amide bonds. The van der Waals surface area contributed by atoms with E-state index < -0.39 is 0 Å². The first kappa shape index (κ1) is 11.6. The third-order valence-corrected chi connectivity index (χ3v) is 2.94. The van der Waals surface area contributed by atoms with E-state index in [1.807, 2.05) is 7.05 Å².